The minimum absolute atomic E-state index is 0.314. The Balaban J connectivity index is 2.38. The molecule has 0 aromatic carbocycles. The summed E-state index contributed by atoms with van der Waals surface area (Å²) < 4.78 is 0.465. The number of hydrogen-bond donors (Lipinski definition) is 1. The third-order valence-electron chi connectivity index (χ3n) is 3.37. The fraction of sp³-hybridized carbons (Fsp3) is 1.00. The lowest BCUT2D eigenvalue weighted by Gasteiger charge is -2.26. The normalized spacial score (nSPS) is 27.0. The number of thioether (sulfide) groups is 1. The Morgan fingerprint density at radius 2 is 2.00 bits per heavy atom. The molecule has 3 heteroatoms. The van der Waals surface area contributed by atoms with Gasteiger partial charge in [-0.2, -0.15) is 11.8 Å². The Bertz CT molecular complexity index is 192. The average Bonchev–Trinajstić information content (AvgIpc) is 2.28. The number of rotatable bonds is 3. The molecule has 0 aromatic rings. The summed E-state index contributed by atoms with van der Waals surface area (Å²) in [6.45, 7) is 12.7. The maximum atomic E-state index is 5.91. The van der Waals surface area contributed by atoms with Crippen molar-refractivity contribution in [3.63, 3.8) is 0 Å². The number of nitrogens with two attached hydrogens (primary N) is 1. The van der Waals surface area contributed by atoms with Gasteiger partial charge in [0.25, 0.3) is 0 Å². The molecule has 1 aliphatic heterocycles. The quantitative estimate of drug-likeness (QED) is 0.806. The summed E-state index contributed by atoms with van der Waals surface area (Å²) in [5.74, 6) is 1.87. The molecule has 1 rings (SSSR count). The van der Waals surface area contributed by atoms with Gasteiger partial charge in [0, 0.05) is 29.6 Å². The first-order valence-electron chi connectivity index (χ1n) is 6.02. The highest BCUT2D eigenvalue weighted by Crippen LogP contribution is 2.30. The predicted octanol–water partition coefficient (Wildman–Crippen LogP) is 2.19. The van der Waals surface area contributed by atoms with Crippen molar-refractivity contribution in [2.75, 3.05) is 25.4 Å². The molecule has 2 N–H and O–H groups in total. The fourth-order valence-electron chi connectivity index (χ4n) is 1.82. The van der Waals surface area contributed by atoms with Gasteiger partial charge in [0.05, 0.1) is 0 Å². The second-order valence-corrected chi connectivity index (χ2v) is 7.30. The molecule has 0 aliphatic carbocycles. The van der Waals surface area contributed by atoms with E-state index in [1.165, 1.54) is 25.3 Å². The van der Waals surface area contributed by atoms with Crippen LogP contribution < -0.4 is 5.73 Å². The van der Waals surface area contributed by atoms with Crippen LogP contribution in [0.4, 0.5) is 0 Å². The Labute approximate surface area is 99.0 Å². The highest BCUT2D eigenvalue weighted by Gasteiger charge is 2.24. The first-order chi connectivity index (χ1) is 6.91. The van der Waals surface area contributed by atoms with Crippen molar-refractivity contribution >= 4 is 11.8 Å². The van der Waals surface area contributed by atoms with Crippen LogP contribution in [0.2, 0.25) is 0 Å². The molecular weight excluding hydrogens is 204 g/mol. The van der Waals surface area contributed by atoms with Crippen molar-refractivity contribution in [2.45, 2.75) is 44.9 Å². The van der Waals surface area contributed by atoms with Crippen LogP contribution in [-0.4, -0.2) is 41.1 Å². The van der Waals surface area contributed by atoms with Gasteiger partial charge in [-0.05, 0) is 25.8 Å². The average molecular weight is 230 g/mol. The van der Waals surface area contributed by atoms with Crippen LogP contribution in [0.3, 0.4) is 0 Å². The van der Waals surface area contributed by atoms with Gasteiger partial charge in [-0.15, -0.1) is 0 Å². The number of hydrogen-bond acceptors (Lipinski definition) is 3. The molecule has 15 heavy (non-hydrogen) atoms. The molecule has 0 aromatic heterocycles. The van der Waals surface area contributed by atoms with Crippen molar-refractivity contribution in [1.82, 2.24) is 4.90 Å². The van der Waals surface area contributed by atoms with Gasteiger partial charge >= 0.3 is 0 Å². The molecule has 90 valence electrons. The lowest BCUT2D eigenvalue weighted by Crippen LogP contribution is -2.37. The van der Waals surface area contributed by atoms with Gasteiger partial charge in [-0.3, -0.25) is 0 Å². The molecule has 0 spiro atoms. The van der Waals surface area contributed by atoms with E-state index in [9.17, 15) is 0 Å². The maximum absolute atomic E-state index is 5.91. The van der Waals surface area contributed by atoms with Gasteiger partial charge < -0.3 is 10.6 Å². The van der Waals surface area contributed by atoms with E-state index in [0.29, 0.717) is 16.7 Å². The smallest absolute Gasteiger partial charge is 0.0116 e. The van der Waals surface area contributed by atoms with E-state index in [1.807, 2.05) is 0 Å². The third kappa shape index (κ3) is 4.75. The summed E-state index contributed by atoms with van der Waals surface area (Å²) in [5, 5.41) is 0. The lowest BCUT2D eigenvalue weighted by molar-refractivity contribution is 0.233. The van der Waals surface area contributed by atoms with E-state index in [1.54, 1.807) is 0 Å². The molecular formula is C12H26N2S. The minimum atomic E-state index is 0.314. The van der Waals surface area contributed by atoms with Crippen molar-refractivity contribution in [3.8, 4) is 0 Å². The maximum Gasteiger partial charge on any atom is 0.0116 e. The van der Waals surface area contributed by atoms with Gasteiger partial charge in [0.2, 0.25) is 0 Å². The van der Waals surface area contributed by atoms with Crippen LogP contribution in [0.5, 0.6) is 0 Å². The molecule has 1 saturated heterocycles. The summed E-state index contributed by atoms with van der Waals surface area (Å²) in [6, 6.07) is 0.314. The van der Waals surface area contributed by atoms with Crippen LogP contribution in [-0.2, 0) is 0 Å². The Morgan fingerprint density at radius 3 is 2.60 bits per heavy atom. The summed E-state index contributed by atoms with van der Waals surface area (Å²) in [4.78, 5) is 2.58. The first kappa shape index (κ1) is 13.3. The second kappa shape index (κ2) is 5.55. The van der Waals surface area contributed by atoms with Crippen molar-refractivity contribution in [2.24, 2.45) is 11.7 Å². The van der Waals surface area contributed by atoms with Crippen molar-refractivity contribution in [3.05, 3.63) is 0 Å². The van der Waals surface area contributed by atoms with E-state index < -0.39 is 0 Å². The van der Waals surface area contributed by atoms with Gasteiger partial charge in [0.15, 0.2) is 0 Å². The summed E-state index contributed by atoms with van der Waals surface area (Å²) in [5.41, 5.74) is 5.91. The summed E-state index contributed by atoms with van der Waals surface area (Å²) in [7, 11) is 0. The molecule has 0 radical (unpaired) electrons. The van der Waals surface area contributed by atoms with Crippen molar-refractivity contribution < 1.29 is 0 Å². The van der Waals surface area contributed by atoms with Crippen LogP contribution in [0.15, 0.2) is 0 Å². The summed E-state index contributed by atoms with van der Waals surface area (Å²) >= 11 is 2.11. The lowest BCUT2D eigenvalue weighted by atomic mass is 10.0. The highest BCUT2D eigenvalue weighted by molar-refractivity contribution is 8.00. The monoisotopic (exact) mass is 230 g/mol. The van der Waals surface area contributed by atoms with Gasteiger partial charge in [-0.25, -0.2) is 0 Å². The van der Waals surface area contributed by atoms with Crippen molar-refractivity contribution in [1.29, 1.82) is 0 Å². The molecule has 2 atom stereocenters. The molecule has 0 amide bonds. The molecule has 0 bridgehead atoms. The SMILES string of the molecule is CC(N)C(C)CN1CCSC(C)(C)CC1. The number of nitrogens with zero attached hydrogens (tertiary/aromatic N) is 1. The van der Waals surface area contributed by atoms with E-state index >= 15 is 0 Å². The fourth-order valence-corrected chi connectivity index (χ4v) is 2.96. The Kier molecular flexibility index (Phi) is 4.94. The molecule has 1 fully saturated rings. The largest absolute Gasteiger partial charge is 0.328 e. The Morgan fingerprint density at radius 1 is 1.33 bits per heavy atom. The van der Waals surface area contributed by atoms with Gasteiger partial charge in [0.1, 0.15) is 0 Å². The van der Waals surface area contributed by atoms with Crippen LogP contribution in [0, 0.1) is 5.92 Å². The van der Waals surface area contributed by atoms with E-state index in [4.69, 9.17) is 5.73 Å². The van der Waals surface area contributed by atoms with Crippen LogP contribution >= 0.6 is 11.8 Å². The predicted molar refractivity (Wildman–Crippen MR) is 70.4 cm³/mol. The zero-order valence-corrected chi connectivity index (χ0v) is 11.4. The highest BCUT2D eigenvalue weighted by atomic mass is 32.2. The van der Waals surface area contributed by atoms with E-state index in [-0.39, 0.29) is 0 Å². The molecule has 1 heterocycles. The van der Waals surface area contributed by atoms with E-state index in [0.717, 1.165) is 6.54 Å². The molecule has 2 unspecified atom stereocenters. The standard InChI is InChI=1S/C12H26N2S/c1-10(11(2)13)9-14-6-5-12(3,4)15-8-7-14/h10-11H,5-9,13H2,1-4H3. The zero-order chi connectivity index (χ0) is 11.5. The zero-order valence-electron chi connectivity index (χ0n) is 10.6. The second-order valence-electron chi connectivity index (χ2n) is 5.50. The third-order valence-corrected chi connectivity index (χ3v) is 4.75. The Hall–Kier alpha value is 0.270. The molecule has 0 saturated carbocycles. The van der Waals surface area contributed by atoms with Crippen LogP contribution in [0.25, 0.3) is 0 Å². The molecule has 1 aliphatic rings. The molecule has 2 nitrogen and oxygen atoms in total. The van der Waals surface area contributed by atoms with Crippen LogP contribution in [0.1, 0.15) is 34.1 Å². The summed E-state index contributed by atoms with van der Waals surface area (Å²) in [6.07, 6.45) is 1.29. The first-order valence-corrected chi connectivity index (χ1v) is 7.01. The van der Waals surface area contributed by atoms with Gasteiger partial charge in [-0.1, -0.05) is 20.8 Å². The minimum Gasteiger partial charge on any atom is -0.328 e. The van der Waals surface area contributed by atoms with E-state index in [2.05, 4.69) is 44.4 Å². The topological polar surface area (TPSA) is 29.3 Å².